The molecule has 7 nitrogen and oxygen atoms in total. The van der Waals surface area contributed by atoms with E-state index in [0.29, 0.717) is 6.42 Å². The van der Waals surface area contributed by atoms with Gasteiger partial charge in [0.15, 0.2) is 0 Å². The van der Waals surface area contributed by atoms with E-state index in [-0.39, 0.29) is 24.2 Å². The molecule has 1 atom stereocenters. The van der Waals surface area contributed by atoms with Crippen LogP contribution in [0.3, 0.4) is 0 Å². The van der Waals surface area contributed by atoms with Gasteiger partial charge < -0.3 is 20.4 Å². The fourth-order valence-corrected chi connectivity index (χ4v) is 3.17. The average molecular weight is 305 g/mol. The first kappa shape index (κ1) is 14.8. The van der Waals surface area contributed by atoms with Crippen molar-refractivity contribution >= 4 is 11.9 Å². The number of ether oxygens (including phenoxy) is 1. The van der Waals surface area contributed by atoms with Crippen LogP contribution in [0.25, 0.3) is 0 Å². The maximum Gasteiger partial charge on any atom is 0.312 e. The minimum atomic E-state index is -0.454. The zero-order valence-electron chi connectivity index (χ0n) is 12.2. The number of carbonyl (C=O) groups is 2. The number of esters is 1. The van der Waals surface area contributed by atoms with Gasteiger partial charge in [-0.25, -0.2) is 0 Å². The highest BCUT2D eigenvalue weighted by Gasteiger charge is 2.49. The Bertz CT molecular complexity index is 634. The van der Waals surface area contributed by atoms with E-state index in [4.69, 9.17) is 4.74 Å². The third-order valence-electron chi connectivity index (χ3n) is 4.44. The fraction of sp³-hybridized carbons (Fsp3) is 0.533. The van der Waals surface area contributed by atoms with Gasteiger partial charge in [-0.3, -0.25) is 14.4 Å². The Labute approximate surface area is 127 Å². The zero-order chi connectivity index (χ0) is 15.6. The molecule has 3 heterocycles. The normalized spacial score (nSPS) is 23.3. The van der Waals surface area contributed by atoms with E-state index in [1.807, 2.05) is 0 Å². The summed E-state index contributed by atoms with van der Waals surface area (Å²) in [6, 6.07) is 3.05. The number of nitrogens with one attached hydrogen (secondary N) is 3. The summed E-state index contributed by atoms with van der Waals surface area (Å²) in [6.07, 6.45) is 3.32. The molecule has 1 aromatic rings. The Hall–Kier alpha value is -2.15. The molecule has 22 heavy (non-hydrogen) atoms. The van der Waals surface area contributed by atoms with Crippen molar-refractivity contribution in [2.24, 2.45) is 5.41 Å². The minimum Gasteiger partial charge on any atom is -0.460 e. The summed E-state index contributed by atoms with van der Waals surface area (Å²) >= 11 is 0. The molecule has 2 aliphatic rings. The summed E-state index contributed by atoms with van der Waals surface area (Å²) in [5, 5.41) is 5.91. The Balaban J connectivity index is 1.59. The van der Waals surface area contributed by atoms with Gasteiger partial charge in [0, 0.05) is 12.6 Å². The third kappa shape index (κ3) is 2.76. The summed E-state index contributed by atoms with van der Waals surface area (Å²) in [4.78, 5) is 38.1. The van der Waals surface area contributed by atoms with Gasteiger partial charge in [-0.05, 0) is 38.1 Å². The quantitative estimate of drug-likeness (QED) is 0.671. The first-order valence-corrected chi connectivity index (χ1v) is 7.48. The van der Waals surface area contributed by atoms with Crippen LogP contribution in [0.5, 0.6) is 0 Å². The Morgan fingerprint density at radius 3 is 2.86 bits per heavy atom. The van der Waals surface area contributed by atoms with Crippen LogP contribution >= 0.6 is 0 Å². The molecule has 1 spiro atoms. The highest BCUT2D eigenvalue weighted by Crippen LogP contribution is 2.41. The van der Waals surface area contributed by atoms with Crippen LogP contribution in [0.2, 0.25) is 0 Å². The van der Waals surface area contributed by atoms with Crippen molar-refractivity contribution in [3.8, 4) is 0 Å². The van der Waals surface area contributed by atoms with Crippen LogP contribution in [0.4, 0.5) is 0 Å². The summed E-state index contributed by atoms with van der Waals surface area (Å²) in [6.45, 7) is 1.86. The van der Waals surface area contributed by atoms with Crippen molar-refractivity contribution in [2.45, 2.75) is 25.4 Å². The van der Waals surface area contributed by atoms with Gasteiger partial charge in [-0.2, -0.15) is 0 Å². The van der Waals surface area contributed by atoms with Gasteiger partial charge in [0.1, 0.15) is 11.7 Å². The number of cyclic esters (lactones) is 1. The van der Waals surface area contributed by atoms with Crippen LogP contribution in [0.1, 0.15) is 29.6 Å². The molecule has 0 aliphatic carbocycles. The van der Waals surface area contributed by atoms with E-state index in [0.717, 1.165) is 25.9 Å². The monoisotopic (exact) mass is 305 g/mol. The SMILES string of the molecule is O=C(NCC1CC2(CCNCC2)C(=O)O1)c1ccc[nH]c1=O. The lowest BCUT2D eigenvalue weighted by Crippen LogP contribution is -2.40. The largest absolute Gasteiger partial charge is 0.460 e. The molecule has 1 unspecified atom stereocenters. The second kappa shape index (κ2) is 5.92. The molecule has 2 fully saturated rings. The molecule has 118 valence electrons. The molecule has 2 saturated heterocycles. The fourth-order valence-electron chi connectivity index (χ4n) is 3.17. The Kier molecular flexibility index (Phi) is 3.98. The molecule has 3 rings (SSSR count). The van der Waals surface area contributed by atoms with Gasteiger partial charge in [-0.1, -0.05) is 0 Å². The second-order valence-electron chi connectivity index (χ2n) is 5.88. The smallest absolute Gasteiger partial charge is 0.312 e. The zero-order valence-corrected chi connectivity index (χ0v) is 12.2. The second-order valence-corrected chi connectivity index (χ2v) is 5.88. The lowest BCUT2D eigenvalue weighted by molar-refractivity contribution is -0.149. The van der Waals surface area contributed by atoms with Crippen molar-refractivity contribution in [3.63, 3.8) is 0 Å². The predicted molar refractivity (Wildman–Crippen MR) is 78.4 cm³/mol. The molecular formula is C15H19N3O4. The van der Waals surface area contributed by atoms with Crippen LogP contribution < -0.4 is 16.2 Å². The summed E-state index contributed by atoms with van der Waals surface area (Å²) in [5.41, 5.74) is -0.771. The maximum absolute atomic E-state index is 12.1. The van der Waals surface area contributed by atoms with Crippen molar-refractivity contribution < 1.29 is 14.3 Å². The number of amides is 1. The molecular weight excluding hydrogens is 286 g/mol. The summed E-state index contributed by atoms with van der Waals surface area (Å²) < 4.78 is 5.40. The molecule has 0 aromatic carbocycles. The average Bonchev–Trinajstić information content (AvgIpc) is 2.82. The predicted octanol–water partition coefficient (Wildman–Crippen LogP) is -0.210. The molecule has 0 saturated carbocycles. The standard InChI is InChI=1S/C15H19N3O4/c19-12-11(2-1-5-17-12)13(20)18-9-10-8-15(14(21)22-10)3-6-16-7-4-15/h1-2,5,10,16H,3-4,6-9H2,(H,17,19)(H,18,20). The molecule has 3 N–H and O–H groups in total. The molecule has 1 aromatic heterocycles. The number of aromatic amines is 1. The number of pyridine rings is 1. The van der Waals surface area contributed by atoms with Gasteiger partial charge in [-0.15, -0.1) is 0 Å². The van der Waals surface area contributed by atoms with E-state index >= 15 is 0 Å². The van der Waals surface area contributed by atoms with Gasteiger partial charge >= 0.3 is 5.97 Å². The summed E-state index contributed by atoms with van der Waals surface area (Å²) in [5.74, 6) is -0.616. The highest BCUT2D eigenvalue weighted by atomic mass is 16.6. The lowest BCUT2D eigenvalue weighted by Gasteiger charge is -2.29. The Morgan fingerprint density at radius 1 is 1.36 bits per heavy atom. The number of H-pyrrole nitrogens is 1. The van der Waals surface area contributed by atoms with Gasteiger partial charge in [0.05, 0.1) is 12.0 Å². The van der Waals surface area contributed by atoms with Crippen molar-refractivity contribution in [2.75, 3.05) is 19.6 Å². The molecule has 1 amide bonds. The van der Waals surface area contributed by atoms with E-state index in [1.165, 1.54) is 12.3 Å². The number of hydrogen-bond acceptors (Lipinski definition) is 5. The van der Waals surface area contributed by atoms with E-state index in [9.17, 15) is 14.4 Å². The molecule has 0 radical (unpaired) electrons. The van der Waals surface area contributed by atoms with Crippen LogP contribution in [0, 0.1) is 5.41 Å². The first-order chi connectivity index (χ1) is 10.6. The molecule has 0 bridgehead atoms. The number of aromatic nitrogens is 1. The maximum atomic E-state index is 12.1. The van der Waals surface area contributed by atoms with Crippen LogP contribution in [0.15, 0.2) is 23.1 Å². The van der Waals surface area contributed by atoms with E-state index in [1.54, 1.807) is 6.07 Å². The van der Waals surface area contributed by atoms with Crippen molar-refractivity contribution in [1.82, 2.24) is 15.6 Å². The van der Waals surface area contributed by atoms with Crippen molar-refractivity contribution in [1.29, 1.82) is 0 Å². The third-order valence-corrected chi connectivity index (χ3v) is 4.44. The van der Waals surface area contributed by atoms with Crippen LogP contribution in [-0.4, -0.2) is 42.6 Å². The number of hydrogen-bond donors (Lipinski definition) is 3. The first-order valence-electron chi connectivity index (χ1n) is 7.48. The number of piperidine rings is 1. The van der Waals surface area contributed by atoms with Gasteiger partial charge in [0.25, 0.3) is 11.5 Å². The van der Waals surface area contributed by atoms with E-state index < -0.39 is 16.9 Å². The minimum absolute atomic E-state index is 0.0587. The van der Waals surface area contributed by atoms with E-state index in [2.05, 4.69) is 15.6 Å². The number of carbonyl (C=O) groups excluding carboxylic acids is 2. The number of rotatable bonds is 3. The highest BCUT2D eigenvalue weighted by molar-refractivity contribution is 5.93. The Morgan fingerprint density at radius 2 is 2.14 bits per heavy atom. The van der Waals surface area contributed by atoms with Crippen molar-refractivity contribution in [3.05, 3.63) is 34.2 Å². The molecule has 2 aliphatic heterocycles. The topological polar surface area (TPSA) is 100 Å². The van der Waals surface area contributed by atoms with Gasteiger partial charge in [0.2, 0.25) is 0 Å². The lowest BCUT2D eigenvalue weighted by atomic mass is 9.76. The molecule has 7 heteroatoms. The van der Waals surface area contributed by atoms with Crippen LogP contribution in [-0.2, 0) is 9.53 Å². The summed E-state index contributed by atoms with van der Waals surface area (Å²) in [7, 11) is 0.